The third kappa shape index (κ3) is 5.50. The van der Waals surface area contributed by atoms with E-state index in [2.05, 4.69) is 20.8 Å². The van der Waals surface area contributed by atoms with Crippen molar-refractivity contribution in [3.8, 4) is 0 Å². The average Bonchev–Trinajstić information content (AvgIpc) is 2.25. The molecule has 1 aromatic rings. The minimum absolute atomic E-state index is 0.0329. The van der Waals surface area contributed by atoms with Crippen LogP contribution in [-0.2, 0) is 16.1 Å². The molecule has 0 saturated heterocycles. The number of nitrogens with two attached hydrogens (primary N) is 1. The zero-order chi connectivity index (χ0) is 12.9. The van der Waals surface area contributed by atoms with Crippen LogP contribution in [0.25, 0.3) is 0 Å². The van der Waals surface area contributed by atoms with Gasteiger partial charge in [-0.3, -0.25) is 4.79 Å². The number of carbonyl (C=O) groups excluding carboxylic acids is 1. The molecule has 0 aromatic heterocycles. The van der Waals surface area contributed by atoms with E-state index in [9.17, 15) is 4.79 Å². The highest BCUT2D eigenvalue weighted by Crippen LogP contribution is 2.20. The maximum atomic E-state index is 11.6. The Morgan fingerprint density at radius 1 is 1.29 bits per heavy atom. The van der Waals surface area contributed by atoms with Gasteiger partial charge in [0, 0.05) is 0 Å². The summed E-state index contributed by atoms with van der Waals surface area (Å²) in [6.45, 7) is 6.45. The van der Waals surface area contributed by atoms with Crippen LogP contribution in [0.3, 0.4) is 0 Å². The monoisotopic (exact) mass is 235 g/mol. The molecule has 17 heavy (non-hydrogen) atoms. The van der Waals surface area contributed by atoms with E-state index in [1.54, 1.807) is 0 Å². The molecule has 0 saturated carbocycles. The maximum absolute atomic E-state index is 11.6. The van der Waals surface area contributed by atoms with E-state index in [-0.39, 0.29) is 18.0 Å². The van der Waals surface area contributed by atoms with Gasteiger partial charge in [0.1, 0.15) is 12.6 Å². The minimum atomic E-state index is -0.543. The van der Waals surface area contributed by atoms with Crippen molar-refractivity contribution in [2.45, 2.75) is 39.8 Å². The van der Waals surface area contributed by atoms with E-state index in [0.717, 1.165) is 5.56 Å². The molecule has 0 aliphatic rings. The fraction of sp³-hybridized carbons (Fsp3) is 0.500. The summed E-state index contributed by atoms with van der Waals surface area (Å²) in [5.74, 6) is -0.330. The van der Waals surface area contributed by atoms with Crippen molar-refractivity contribution in [1.82, 2.24) is 0 Å². The van der Waals surface area contributed by atoms with Gasteiger partial charge in [0.2, 0.25) is 0 Å². The van der Waals surface area contributed by atoms with Crippen LogP contribution in [0.2, 0.25) is 0 Å². The Labute approximate surface area is 103 Å². The van der Waals surface area contributed by atoms with Gasteiger partial charge in [-0.05, 0) is 17.4 Å². The van der Waals surface area contributed by atoms with Gasteiger partial charge in [0.05, 0.1) is 0 Å². The highest BCUT2D eigenvalue weighted by atomic mass is 16.5. The zero-order valence-corrected chi connectivity index (χ0v) is 10.8. The first-order valence-corrected chi connectivity index (χ1v) is 5.84. The Morgan fingerprint density at radius 2 is 1.88 bits per heavy atom. The fourth-order valence-electron chi connectivity index (χ4n) is 1.58. The van der Waals surface area contributed by atoms with Gasteiger partial charge in [0.15, 0.2) is 0 Å². The second-order valence-electron chi connectivity index (χ2n) is 5.46. The van der Waals surface area contributed by atoms with Crippen molar-refractivity contribution >= 4 is 5.97 Å². The van der Waals surface area contributed by atoms with Crippen molar-refractivity contribution < 1.29 is 9.53 Å². The van der Waals surface area contributed by atoms with Crippen molar-refractivity contribution in [2.24, 2.45) is 11.1 Å². The van der Waals surface area contributed by atoms with Crippen molar-refractivity contribution in [2.75, 3.05) is 0 Å². The predicted octanol–water partition coefficient (Wildman–Crippen LogP) is 2.49. The molecule has 3 nitrogen and oxygen atoms in total. The molecule has 0 spiro atoms. The van der Waals surface area contributed by atoms with Gasteiger partial charge in [-0.1, -0.05) is 51.1 Å². The lowest BCUT2D eigenvalue weighted by Crippen LogP contribution is -2.35. The molecular weight excluding hydrogens is 214 g/mol. The van der Waals surface area contributed by atoms with Gasteiger partial charge >= 0.3 is 5.97 Å². The highest BCUT2D eigenvalue weighted by Gasteiger charge is 2.22. The first kappa shape index (κ1) is 13.7. The normalized spacial score (nSPS) is 13.2. The molecule has 0 fully saturated rings. The molecule has 0 aliphatic heterocycles. The molecule has 1 atom stereocenters. The number of ether oxygens (including phenoxy) is 1. The molecular formula is C14H21NO2. The number of hydrogen-bond acceptors (Lipinski definition) is 3. The van der Waals surface area contributed by atoms with Crippen LogP contribution in [0.1, 0.15) is 32.8 Å². The SMILES string of the molecule is CC(C)(C)C[C@H](N)C(=O)OCc1ccccc1. The van der Waals surface area contributed by atoms with Crippen LogP contribution in [0.4, 0.5) is 0 Å². The van der Waals surface area contributed by atoms with Crippen LogP contribution in [0, 0.1) is 5.41 Å². The Morgan fingerprint density at radius 3 is 2.41 bits per heavy atom. The van der Waals surface area contributed by atoms with Crippen molar-refractivity contribution in [3.05, 3.63) is 35.9 Å². The highest BCUT2D eigenvalue weighted by molar-refractivity contribution is 5.75. The quantitative estimate of drug-likeness (QED) is 0.816. The number of benzene rings is 1. The summed E-state index contributed by atoms with van der Waals surface area (Å²) in [4.78, 5) is 11.6. The van der Waals surface area contributed by atoms with Crippen LogP contribution < -0.4 is 5.73 Å². The molecule has 2 N–H and O–H groups in total. The summed E-state index contributed by atoms with van der Waals surface area (Å²) in [6, 6.07) is 9.05. The first-order valence-electron chi connectivity index (χ1n) is 5.84. The number of carbonyl (C=O) groups is 1. The van der Waals surface area contributed by atoms with Gasteiger partial charge in [-0.15, -0.1) is 0 Å². The van der Waals surface area contributed by atoms with Crippen LogP contribution >= 0.6 is 0 Å². The van der Waals surface area contributed by atoms with Crippen LogP contribution in [0.5, 0.6) is 0 Å². The summed E-state index contributed by atoms with van der Waals surface area (Å²) >= 11 is 0. The van der Waals surface area contributed by atoms with Gasteiger partial charge < -0.3 is 10.5 Å². The molecule has 1 aromatic carbocycles. The Kier molecular flexibility index (Phi) is 4.70. The first-order chi connectivity index (χ1) is 7.88. The maximum Gasteiger partial charge on any atom is 0.323 e. The van der Waals surface area contributed by atoms with Gasteiger partial charge in [0.25, 0.3) is 0 Å². The topological polar surface area (TPSA) is 52.3 Å². The number of hydrogen-bond donors (Lipinski definition) is 1. The molecule has 0 heterocycles. The van der Waals surface area contributed by atoms with Crippen LogP contribution in [0.15, 0.2) is 30.3 Å². The Hall–Kier alpha value is -1.35. The van der Waals surface area contributed by atoms with E-state index in [1.807, 2.05) is 30.3 Å². The second-order valence-corrected chi connectivity index (χ2v) is 5.46. The Bertz CT molecular complexity index is 354. The van der Waals surface area contributed by atoms with Gasteiger partial charge in [-0.25, -0.2) is 0 Å². The van der Waals surface area contributed by atoms with E-state index < -0.39 is 6.04 Å². The minimum Gasteiger partial charge on any atom is -0.460 e. The lowest BCUT2D eigenvalue weighted by atomic mass is 9.88. The summed E-state index contributed by atoms with van der Waals surface area (Å²) in [5, 5.41) is 0. The van der Waals surface area contributed by atoms with Crippen LogP contribution in [-0.4, -0.2) is 12.0 Å². The Balaban J connectivity index is 2.40. The predicted molar refractivity (Wildman–Crippen MR) is 68.3 cm³/mol. The zero-order valence-electron chi connectivity index (χ0n) is 10.8. The summed E-state index contributed by atoms with van der Waals surface area (Å²) < 4.78 is 5.17. The van der Waals surface area contributed by atoms with E-state index in [4.69, 9.17) is 10.5 Å². The van der Waals surface area contributed by atoms with E-state index >= 15 is 0 Å². The fourth-order valence-corrected chi connectivity index (χ4v) is 1.58. The lowest BCUT2D eigenvalue weighted by molar-refractivity contribution is -0.147. The molecule has 0 unspecified atom stereocenters. The third-order valence-corrected chi connectivity index (χ3v) is 2.36. The molecule has 1 rings (SSSR count). The van der Waals surface area contributed by atoms with E-state index in [0.29, 0.717) is 6.42 Å². The largest absolute Gasteiger partial charge is 0.460 e. The molecule has 0 aliphatic carbocycles. The molecule has 0 bridgehead atoms. The molecule has 3 heteroatoms. The molecule has 0 amide bonds. The average molecular weight is 235 g/mol. The number of esters is 1. The van der Waals surface area contributed by atoms with Crippen molar-refractivity contribution in [3.63, 3.8) is 0 Å². The smallest absolute Gasteiger partial charge is 0.323 e. The molecule has 0 radical (unpaired) electrons. The lowest BCUT2D eigenvalue weighted by Gasteiger charge is -2.21. The van der Waals surface area contributed by atoms with E-state index in [1.165, 1.54) is 0 Å². The van der Waals surface area contributed by atoms with Gasteiger partial charge in [-0.2, -0.15) is 0 Å². The third-order valence-electron chi connectivity index (χ3n) is 2.36. The number of rotatable bonds is 4. The summed E-state index contributed by atoms with van der Waals surface area (Å²) in [6.07, 6.45) is 0.626. The standard InChI is InChI=1S/C14H21NO2/c1-14(2,3)9-12(15)13(16)17-10-11-7-5-4-6-8-11/h4-8,12H,9-10,15H2,1-3H3/t12-/m0/s1. The summed E-state index contributed by atoms with van der Waals surface area (Å²) in [7, 11) is 0. The second kappa shape index (κ2) is 5.82. The summed E-state index contributed by atoms with van der Waals surface area (Å²) in [5.41, 5.74) is 6.80. The van der Waals surface area contributed by atoms with Crippen molar-refractivity contribution in [1.29, 1.82) is 0 Å². The molecule has 94 valence electrons.